The van der Waals surface area contributed by atoms with Crippen molar-refractivity contribution in [2.75, 3.05) is 39.6 Å². The van der Waals surface area contributed by atoms with E-state index < -0.39 is 42.3 Å². The molecule has 0 saturated heterocycles. The average Bonchev–Trinajstić information content (AvgIpc) is 2.82. The molecule has 0 fully saturated rings. The molecule has 16 nitrogen and oxygen atoms in total. The van der Waals surface area contributed by atoms with E-state index in [-0.39, 0.29) is 63.5 Å². The number of ether oxygens (including phenoxy) is 4. The van der Waals surface area contributed by atoms with E-state index in [1.165, 1.54) is 0 Å². The SMILES string of the molecule is CC(C)(CCOC(C)(C)CC(=O)NCc1nnc(CNC(=O)COCCOCC(=O)O)nn1)OCC(=O)O. The number of hydrogen-bond acceptors (Lipinski definition) is 12. The highest BCUT2D eigenvalue weighted by Gasteiger charge is 2.26. The molecule has 1 aromatic rings. The number of carbonyl (C=O) groups is 4. The van der Waals surface area contributed by atoms with Gasteiger partial charge in [0, 0.05) is 0 Å². The number of hydrogen-bond donors (Lipinski definition) is 4. The number of nitrogens with zero attached hydrogens (tertiary/aromatic N) is 4. The van der Waals surface area contributed by atoms with Crippen LogP contribution in [0.4, 0.5) is 0 Å². The Balaban J connectivity index is 2.28. The molecule has 0 unspecified atom stereocenters. The van der Waals surface area contributed by atoms with Crippen LogP contribution in [0.3, 0.4) is 0 Å². The van der Waals surface area contributed by atoms with Crippen molar-refractivity contribution in [1.82, 2.24) is 31.0 Å². The number of amides is 2. The summed E-state index contributed by atoms with van der Waals surface area (Å²) in [5.74, 6) is -2.55. The summed E-state index contributed by atoms with van der Waals surface area (Å²) < 4.78 is 20.9. The van der Waals surface area contributed by atoms with E-state index >= 15 is 0 Å². The van der Waals surface area contributed by atoms with Crippen molar-refractivity contribution in [3.63, 3.8) is 0 Å². The summed E-state index contributed by atoms with van der Waals surface area (Å²) in [7, 11) is 0. The molecule has 1 heterocycles. The molecule has 16 heteroatoms. The van der Waals surface area contributed by atoms with Gasteiger partial charge in [-0.25, -0.2) is 9.59 Å². The molecule has 1 aromatic heterocycles. The van der Waals surface area contributed by atoms with Gasteiger partial charge >= 0.3 is 11.9 Å². The van der Waals surface area contributed by atoms with Crippen LogP contribution in [0.2, 0.25) is 0 Å². The third-order valence-corrected chi connectivity index (χ3v) is 4.65. The van der Waals surface area contributed by atoms with Crippen LogP contribution in [0.1, 0.15) is 52.2 Å². The van der Waals surface area contributed by atoms with Crippen LogP contribution >= 0.6 is 0 Å². The summed E-state index contributed by atoms with van der Waals surface area (Å²) in [6.07, 6.45) is 0.502. The number of nitrogens with one attached hydrogen (secondary N) is 2. The fourth-order valence-corrected chi connectivity index (χ4v) is 2.66. The van der Waals surface area contributed by atoms with Crippen molar-refractivity contribution < 1.29 is 48.3 Å². The summed E-state index contributed by atoms with van der Waals surface area (Å²) in [4.78, 5) is 45.0. The number of carboxylic acids is 2. The Bertz CT molecular complexity index is 910. The second-order valence-electron chi connectivity index (χ2n) is 9.26. The van der Waals surface area contributed by atoms with Crippen molar-refractivity contribution in [2.45, 2.75) is 64.8 Å². The Morgan fingerprint density at radius 2 is 1.18 bits per heavy atom. The van der Waals surface area contributed by atoms with Crippen molar-refractivity contribution in [2.24, 2.45) is 0 Å². The van der Waals surface area contributed by atoms with E-state index in [9.17, 15) is 19.2 Å². The van der Waals surface area contributed by atoms with E-state index in [2.05, 4.69) is 31.0 Å². The lowest BCUT2D eigenvalue weighted by molar-refractivity contribution is -0.150. The van der Waals surface area contributed by atoms with Gasteiger partial charge in [-0.2, -0.15) is 0 Å². The van der Waals surface area contributed by atoms with Crippen molar-refractivity contribution in [3.05, 3.63) is 11.6 Å². The maximum atomic E-state index is 12.3. The second kappa shape index (κ2) is 16.5. The molecule has 0 aromatic carbocycles. The Morgan fingerprint density at radius 1 is 0.684 bits per heavy atom. The lowest BCUT2D eigenvalue weighted by Gasteiger charge is -2.29. The number of rotatable bonds is 20. The van der Waals surface area contributed by atoms with E-state index in [0.29, 0.717) is 6.42 Å². The van der Waals surface area contributed by atoms with Gasteiger partial charge in [0.1, 0.15) is 19.8 Å². The molecule has 214 valence electrons. The van der Waals surface area contributed by atoms with Crippen molar-refractivity contribution in [3.8, 4) is 0 Å². The largest absolute Gasteiger partial charge is 0.480 e. The molecule has 0 aliphatic rings. The smallest absolute Gasteiger partial charge is 0.329 e. The molecule has 0 bridgehead atoms. The molecule has 0 saturated carbocycles. The fourth-order valence-electron chi connectivity index (χ4n) is 2.66. The average molecular weight is 545 g/mol. The van der Waals surface area contributed by atoms with Gasteiger partial charge in [0.2, 0.25) is 11.8 Å². The van der Waals surface area contributed by atoms with E-state index in [1.807, 2.05) is 0 Å². The first-order valence-corrected chi connectivity index (χ1v) is 11.7. The summed E-state index contributed by atoms with van der Waals surface area (Å²) >= 11 is 0. The Morgan fingerprint density at radius 3 is 1.71 bits per heavy atom. The minimum atomic E-state index is -1.09. The van der Waals surface area contributed by atoms with Crippen LogP contribution in [0, 0.1) is 0 Å². The number of aliphatic carboxylic acids is 2. The third-order valence-electron chi connectivity index (χ3n) is 4.65. The van der Waals surface area contributed by atoms with Gasteiger partial charge in [0.25, 0.3) is 0 Å². The molecule has 0 aliphatic heterocycles. The zero-order valence-electron chi connectivity index (χ0n) is 22.0. The predicted molar refractivity (Wildman–Crippen MR) is 128 cm³/mol. The topological polar surface area (TPSA) is 221 Å². The molecule has 0 aliphatic carbocycles. The zero-order chi connectivity index (χ0) is 28.6. The monoisotopic (exact) mass is 544 g/mol. The minimum Gasteiger partial charge on any atom is -0.480 e. The maximum Gasteiger partial charge on any atom is 0.329 e. The van der Waals surface area contributed by atoms with Crippen LogP contribution in [0.25, 0.3) is 0 Å². The first-order valence-electron chi connectivity index (χ1n) is 11.7. The number of carbonyl (C=O) groups excluding carboxylic acids is 2. The summed E-state index contributed by atoms with van der Waals surface area (Å²) in [6, 6.07) is 0. The lowest BCUT2D eigenvalue weighted by Crippen LogP contribution is -2.36. The molecular weight excluding hydrogens is 508 g/mol. The van der Waals surface area contributed by atoms with Gasteiger partial charge in [0.05, 0.1) is 50.5 Å². The molecule has 1 rings (SSSR count). The number of aromatic nitrogens is 4. The zero-order valence-corrected chi connectivity index (χ0v) is 22.0. The van der Waals surface area contributed by atoms with Crippen LogP contribution in [0.5, 0.6) is 0 Å². The molecule has 0 spiro atoms. The summed E-state index contributed by atoms with van der Waals surface area (Å²) in [5, 5.41) is 37.8. The van der Waals surface area contributed by atoms with Crippen LogP contribution in [-0.4, -0.2) is 105 Å². The summed E-state index contributed by atoms with van der Waals surface area (Å²) in [5.41, 5.74) is -1.46. The molecule has 0 radical (unpaired) electrons. The van der Waals surface area contributed by atoms with Gasteiger partial charge < -0.3 is 39.8 Å². The Hall–Kier alpha value is -3.34. The third kappa shape index (κ3) is 16.4. The van der Waals surface area contributed by atoms with Crippen LogP contribution in [0.15, 0.2) is 0 Å². The highest BCUT2D eigenvalue weighted by atomic mass is 16.5. The highest BCUT2D eigenvalue weighted by molar-refractivity contribution is 5.77. The summed E-state index contributed by atoms with van der Waals surface area (Å²) in [6.45, 7) is 6.31. The first kappa shape index (κ1) is 32.7. The highest BCUT2D eigenvalue weighted by Crippen LogP contribution is 2.19. The Labute approximate surface area is 219 Å². The fraction of sp³-hybridized carbons (Fsp3) is 0.727. The normalized spacial score (nSPS) is 11.7. The second-order valence-corrected chi connectivity index (χ2v) is 9.26. The van der Waals surface area contributed by atoms with Crippen LogP contribution < -0.4 is 10.6 Å². The van der Waals surface area contributed by atoms with Gasteiger partial charge in [-0.3, -0.25) is 9.59 Å². The standard InChI is InChI=1S/C22H36N6O10/c1-21(2,38-14-20(33)34)5-6-37-22(3,4)9-17(29)23-10-15-25-27-16(28-26-15)11-24-18(30)12-35-7-8-36-13-19(31)32/h5-14H2,1-4H3,(H,23,29)(H,24,30)(H,31,32)(H,33,34). The van der Waals surface area contributed by atoms with Gasteiger partial charge in [-0.05, 0) is 34.1 Å². The Kier molecular flexibility index (Phi) is 14.2. The van der Waals surface area contributed by atoms with Crippen LogP contribution in [-0.2, 0) is 51.2 Å². The lowest BCUT2D eigenvalue weighted by atomic mass is 10.0. The van der Waals surface area contributed by atoms with E-state index in [0.717, 1.165) is 0 Å². The predicted octanol–water partition coefficient (Wildman–Crippen LogP) is -0.928. The van der Waals surface area contributed by atoms with Gasteiger partial charge in [-0.1, -0.05) is 0 Å². The first-order chi connectivity index (χ1) is 17.8. The molecular formula is C22H36N6O10. The molecule has 38 heavy (non-hydrogen) atoms. The van der Waals surface area contributed by atoms with Crippen molar-refractivity contribution >= 4 is 23.8 Å². The minimum absolute atomic E-state index is 0.00456. The quantitative estimate of drug-likeness (QED) is 0.146. The van der Waals surface area contributed by atoms with E-state index in [1.54, 1.807) is 27.7 Å². The molecule has 0 atom stereocenters. The van der Waals surface area contributed by atoms with E-state index in [4.69, 9.17) is 29.2 Å². The van der Waals surface area contributed by atoms with Crippen molar-refractivity contribution in [1.29, 1.82) is 0 Å². The maximum absolute atomic E-state index is 12.3. The van der Waals surface area contributed by atoms with Gasteiger partial charge in [-0.15, -0.1) is 20.4 Å². The molecule has 2 amide bonds. The van der Waals surface area contributed by atoms with Gasteiger partial charge in [0.15, 0.2) is 11.6 Å². The molecule has 4 N–H and O–H groups in total. The number of carboxylic acid groups (broad SMARTS) is 2.